The van der Waals surface area contributed by atoms with Crippen molar-refractivity contribution >= 4 is 39.7 Å². The number of alkyl halides is 3. The third-order valence-corrected chi connectivity index (χ3v) is 8.53. The summed E-state index contributed by atoms with van der Waals surface area (Å²) in [4.78, 5) is 41.9. The van der Waals surface area contributed by atoms with Crippen molar-refractivity contribution in [3.05, 3.63) is 42.5 Å². The monoisotopic (exact) mass is 564 g/mol. The van der Waals surface area contributed by atoms with Crippen LogP contribution in [0, 0.1) is 11.3 Å². The molecule has 41 heavy (non-hydrogen) atoms. The van der Waals surface area contributed by atoms with Crippen molar-refractivity contribution in [1.82, 2.24) is 29.5 Å². The molecule has 3 atom stereocenters. The SMILES string of the molecule is CN1CC[C@]2(CCCN(c3ccc4nc(-c5cnc(C(F)F)c6cnc(NC(=O)[C@@H]7C[C@@H]7F)cc56)nn4c3)C2)C1=O. The molecule has 4 aromatic heterocycles. The van der Waals surface area contributed by atoms with Gasteiger partial charge in [0, 0.05) is 55.4 Å². The predicted molar refractivity (Wildman–Crippen MR) is 144 cm³/mol. The van der Waals surface area contributed by atoms with Crippen LogP contribution >= 0.6 is 0 Å². The van der Waals surface area contributed by atoms with Gasteiger partial charge < -0.3 is 15.1 Å². The average Bonchev–Trinajstić information content (AvgIpc) is 3.46. The normalized spacial score (nSPS) is 24.3. The third-order valence-electron chi connectivity index (χ3n) is 8.53. The first-order chi connectivity index (χ1) is 19.7. The van der Waals surface area contributed by atoms with Crippen molar-refractivity contribution < 1.29 is 22.8 Å². The van der Waals surface area contributed by atoms with Gasteiger partial charge in [-0.3, -0.25) is 14.6 Å². The Bertz CT molecular complexity index is 1710. The Morgan fingerprint density at radius 3 is 2.71 bits per heavy atom. The van der Waals surface area contributed by atoms with Crippen molar-refractivity contribution in [2.24, 2.45) is 11.3 Å². The number of carbonyl (C=O) groups excluding carboxylic acids is 2. The zero-order valence-corrected chi connectivity index (χ0v) is 22.2. The highest BCUT2D eigenvalue weighted by Crippen LogP contribution is 2.41. The molecule has 0 aromatic carbocycles. The molecule has 1 aliphatic carbocycles. The molecule has 6 heterocycles. The van der Waals surface area contributed by atoms with Crippen LogP contribution in [0.25, 0.3) is 27.8 Å². The Hall–Kier alpha value is -4.29. The number of pyridine rings is 3. The van der Waals surface area contributed by atoms with Gasteiger partial charge in [0.15, 0.2) is 11.5 Å². The van der Waals surface area contributed by atoms with Gasteiger partial charge in [0.05, 0.1) is 23.2 Å². The number of halogens is 3. The molecule has 4 aromatic rings. The fourth-order valence-electron chi connectivity index (χ4n) is 6.13. The first-order valence-corrected chi connectivity index (χ1v) is 13.6. The second kappa shape index (κ2) is 9.38. The van der Waals surface area contributed by atoms with Gasteiger partial charge >= 0.3 is 0 Å². The Morgan fingerprint density at radius 2 is 1.98 bits per heavy atom. The molecule has 0 radical (unpaired) electrons. The third kappa shape index (κ3) is 4.34. The zero-order chi connectivity index (χ0) is 28.5. The smallest absolute Gasteiger partial charge is 0.281 e. The largest absolute Gasteiger partial charge is 0.369 e. The molecule has 1 N–H and O–H groups in total. The van der Waals surface area contributed by atoms with Crippen molar-refractivity contribution in [3.8, 4) is 11.4 Å². The fourth-order valence-corrected chi connectivity index (χ4v) is 6.13. The number of rotatable bonds is 5. The maximum absolute atomic E-state index is 13.8. The van der Waals surface area contributed by atoms with Crippen LogP contribution in [0.2, 0.25) is 0 Å². The summed E-state index contributed by atoms with van der Waals surface area (Å²) in [5.74, 6) is -0.649. The van der Waals surface area contributed by atoms with E-state index in [2.05, 4.69) is 30.3 Å². The van der Waals surface area contributed by atoms with Gasteiger partial charge in [-0.15, -0.1) is 5.10 Å². The highest BCUT2D eigenvalue weighted by atomic mass is 19.3. The van der Waals surface area contributed by atoms with Crippen LogP contribution < -0.4 is 10.2 Å². The van der Waals surface area contributed by atoms with Crippen molar-refractivity contribution in [2.75, 3.05) is 36.9 Å². The first kappa shape index (κ1) is 25.7. The zero-order valence-electron chi connectivity index (χ0n) is 22.2. The first-order valence-electron chi connectivity index (χ1n) is 13.6. The topological polar surface area (TPSA) is 109 Å². The maximum atomic E-state index is 13.8. The van der Waals surface area contributed by atoms with E-state index in [4.69, 9.17) is 0 Å². The Kier molecular flexibility index (Phi) is 5.87. The average molecular weight is 565 g/mol. The molecule has 13 heteroatoms. The summed E-state index contributed by atoms with van der Waals surface area (Å²) < 4.78 is 42.5. The molecular formula is C28H27F3N8O2. The number of hydrogen-bond donors (Lipinski definition) is 1. The van der Waals surface area contributed by atoms with E-state index in [1.54, 1.807) is 4.52 Å². The molecule has 1 spiro atoms. The minimum Gasteiger partial charge on any atom is -0.369 e. The van der Waals surface area contributed by atoms with Gasteiger partial charge in [-0.25, -0.2) is 27.7 Å². The van der Waals surface area contributed by atoms with Crippen LogP contribution in [0.5, 0.6) is 0 Å². The van der Waals surface area contributed by atoms with Crippen LogP contribution in [0.3, 0.4) is 0 Å². The van der Waals surface area contributed by atoms with E-state index >= 15 is 0 Å². The summed E-state index contributed by atoms with van der Waals surface area (Å²) in [7, 11) is 1.85. The number of likely N-dealkylation sites (tertiary alicyclic amines) is 1. The van der Waals surface area contributed by atoms with Gasteiger partial charge in [-0.1, -0.05) is 0 Å². The van der Waals surface area contributed by atoms with Crippen LogP contribution in [-0.4, -0.2) is 74.1 Å². The molecule has 10 nitrogen and oxygen atoms in total. The molecule has 1 saturated carbocycles. The van der Waals surface area contributed by atoms with Gasteiger partial charge in [0.25, 0.3) is 6.43 Å². The molecule has 2 saturated heterocycles. The molecule has 2 aliphatic heterocycles. The van der Waals surface area contributed by atoms with Gasteiger partial charge in [-0.05, 0) is 43.9 Å². The summed E-state index contributed by atoms with van der Waals surface area (Å²) >= 11 is 0. The molecule has 3 fully saturated rings. The number of fused-ring (bicyclic) bond motifs is 2. The molecule has 7 rings (SSSR count). The standard InChI is InChI=1S/C28H27F3N8O2/c1-37-8-6-28(27(37)41)5-2-7-38(14-28)15-3-4-22-35-25(36-39(22)13-15)19-12-33-23(24(30)31)18-11-32-21(10-16(18)19)34-26(40)17-9-20(17)29/h3-4,10-13,17,20,24H,2,5-9,14H2,1H3,(H,32,34,40)/t17-,20+,28+/m1/s1. The highest BCUT2D eigenvalue weighted by molar-refractivity contribution is 6.00. The van der Waals surface area contributed by atoms with E-state index in [-0.39, 0.29) is 34.8 Å². The highest BCUT2D eigenvalue weighted by Gasteiger charge is 2.48. The number of anilines is 2. The summed E-state index contributed by atoms with van der Waals surface area (Å²) in [5, 5.41) is 7.66. The summed E-state index contributed by atoms with van der Waals surface area (Å²) in [6.07, 6.45) is 3.14. The van der Waals surface area contributed by atoms with E-state index in [1.807, 2.05) is 30.3 Å². The lowest BCUT2D eigenvalue weighted by atomic mass is 9.78. The molecule has 0 bridgehead atoms. The Labute approximate surface area is 232 Å². The summed E-state index contributed by atoms with van der Waals surface area (Å²) in [6, 6.07) is 5.24. The Balaban J connectivity index is 1.24. The van der Waals surface area contributed by atoms with Crippen LogP contribution in [0.1, 0.15) is 37.8 Å². The van der Waals surface area contributed by atoms with E-state index in [1.165, 1.54) is 18.5 Å². The number of nitrogens with one attached hydrogen (secondary N) is 1. The minimum absolute atomic E-state index is 0.106. The van der Waals surface area contributed by atoms with Crippen LogP contribution in [0.15, 0.2) is 36.8 Å². The number of aromatic nitrogens is 5. The van der Waals surface area contributed by atoms with Crippen LogP contribution in [0.4, 0.5) is 24.7 Å². The van der Waals surface area contributed by atoms with Crippen molar-refractivity contribution in [3.63, 3.8) is 0 Å². The second-order valence-corrected chi connectivity index (χ2v) is 11.2. The number of nitrogens with zero attached hydrogens (tertiary/aromatic N) is 7. The fraction of sp³-hybridized carbons (Fsp3) is 0.429. The van der Waals surface area contributed by atoms with Crippen molar-refractivity contribution in [1.29, 1.82) is 0 Å². The lowest BCUT2D eigenvalue weighted by molar-refractivity contribution is -0.135. The molecule has 0 unspecified atom stereocenters. The number of carbonyl (C=O) groups is 2. The molecule has 212 valence electrons. The lowest BCUT2D eigenvalue weighted by Gasteiger charge is -2.40. The second-order valence-electron chi connectivity index (χ2n) is 11.2. The number of hydrogen-bond acceptors (Lipinski definition) is 7. The van der Waals surface area contributed by atoms with E-state index in [0.29, 0.717) is 23.1 Å². The minimum atomic E-state index is -2.84. The molecule has 2 amide bonds. The summed E-state index contributed by atoms with van der Waals surface area (Å²) in [5.41, 5.74) is 1.03. The summed E-state index contributed by atoms with van der Waals surface area (Å²) in [6.45, 7) is 2.22. The van der Waals surface area contributed by atoms with Gasteiger partial charge in [-0.2, -0.15) is 0 Å². The number of amides is 2. The van der Waals surface area contributed by atoms with E-state index in [9.17, 15) is 22.8 Å². The predicted octanol–water partition coefficient (Wildman–Crippen LogP) is 4.02. The van der Waals surface area contributed by atoms with Crippen LogP contribution in [-0.2, 0) is 9.59 Å². The van der Waals surface area contributed by atoms with E-state index in [0.717, 1.165) is 38.0 Å². The van der Waals surface area contributed by atoms with Gasteiger partial charge in [0.1, 0.15) is 17.7 Å². The Morgan fingerprint density at radius 1 is 1.15 bits per heavy atom. The lowest BCUT2D eigenvalue weighted by Crippen LogP contribution is -2.47. The molecule has 3 aliphatic rings. The number of piperidine rings is 1. The van der Waals surface area contributed by atoms with Crippen molar-refractivity contribution in [2.45, 2.75) is 38.3 Å². The van der Waals surface area contributed by atoms with E-state index < -0.39 is 30.1 Å². The quantitative estimate of drug-likeness (QED) is 0.390. The van der Waals surface area contributed by atoms with Gasteiger partial charge in [0.2, 0.25) is 11.8 Å². The maximum Gasteiger partial charge on any atom is 0.281 e. The molecular weight excluding hydrogens is 537 g/mol.